The van der Waals surface area contributed by atoms with Crippen LogP contribution < -0.4 is 0 Å². The summed E-state index contributed by atoms with van der Waals surface area (Å²) in [5.74, 6) is 0.706. The summed E-state index contributed by atoms with van der Waals surface area (Å²) in [5.41, 5.74) is 16.9. The molecule has 13 rings (SSSR count). The first kappa shape index (κ1) is 38.7. The molecule has 1 aliphatic rings. The minimum absolute atomic E-state index is 0.480. The maximum Gasteiger partial charge on any atom is 0.161 e. The zero-order valence-electron chi connectivity index (χ0n) is 36.6. The highest BCUT2D eigenvalue weighted by molar-refractivity contribution is 6.12. The Labute approximate surface area is 390 Å². The minimum Gasteiger partial charge on any atom is -0.228 e. The third-order valence-corrected chi connectivity index (χ3v) is 14.0. The van der Waals surface area contributed by atoms with Crippen molar-refractivity contribution in [3.63, 3.8) is 0 Å². The van der Waals surface area contributed by atoms with Crippen molar-refractivity contribution < 1.29 is 0 Å². The van der Waals surface area contributed by atoms with Gasteiger partial charge in [-0.2, -0.15) is 0 Å². The van der Waals surface area contributed by atoms with Crippen LogP contribution in [0.25, 0.3) is 99.6 Å². The van der Waals surface area contributed by atoms with Gasteiger partial charge in [0.1, 0.15) is 0 Å². The molecule has 1 heterocycles. The lowest BCUT2D eigenvalue weighted by Crippen LogP contribution is -2.28. The molecule has 0 fully saturated rings. The third-order valence-electron chi connectivity index (χ3n) is 14.0. The van der Waals surface area contributed by atoms with Crippen LogP contribution in [0.5, 0.6) is 0 Å². The fourth-order valence-electron chi connectivity index (χ4n) is 10.9. The minimum atomic E-state index is -0.480. The van der Waals surface area contributed by atoms with E-state index in [2.05, 4.69) is 243 Å². The van der Waals surface area contributed by atoms with Gasteiger partial charge in [-0.1, -0.05) is 224 Å². The topological polar surface area (TPSA) is 25.8 Å². The highest BCUT2D eigenvalue weighted by atomic mass is 14.9. The van der Waals surface area contributed by atoms with Gasteiger partial charge in [-0.05, 0) is 118 Å². The molecule has 0 N–H and O–H groups in total. The summed E-state index contributed by atoms with van der Waals surface area (Å²) in [6.07, 6.45) is 0. The molecule has 0 aliphatic heterocycles. The van der Waals surface area contributed by atoms with E-state index in [0.717, 1.165) is 38.9 Å². The van der Waals surface area contributed by atoms with Gasteiger partial charge in [-0.25, -0.2) is 9.97 Å². The smallest absolute Gasteiger partial charge is 0.161 e. The summed E-state index contributed by atoms with van der Waals surface area (Å²) in [6, 6.07) is 92.6. The normalized spacial score (nSPS) is 12.6. The molecular formula is C65H42N2. The van der Waals surface area contributed by atoms with Crippen molar-refractivity contribution in [1.82, 2.24) is 9.97 Å². The Morgan fingerprint density at radius 3 is 1.22 bits per heavy atom. The van der Waals surface area contributed by atoms with Crippen LogP contribution in [0, 0.1) is 0 Å². The zero-order chi connectivity index (χ0) is 44.3. The lowest BCUT2D eigenvalue weighted by Gasteiger charge is -2.34. The van der Waals surface area contributed by atoms with Crippen molar-refractivity contribution in [1.29, 1.82) is 0 Å². The first-order valence-electron chi connectivity index (χ1n) is 23.1. The Balaban J connectivity index is 0.978. The first-order chi connectivity index (χ1) is 33.2. The Morgan fingerprint density at radius 2 is 0.672 bits per heavy atom. The van der Waals surface area contributed by atoms with E-state index in [4.69, 9.17) is 9.97 Å². The molecule has 0 bridgehead atoms. The number of aromatic nitrogens is 2. The van der Waals surface area contributed by atoms with Crippen LogP contribution in [0.15, 0.2) is 255 Å². The second-order valence-electron chi connectivity index (χ2n) is 17.6. The summed E-state index contributed by atoms with van der Waals surface area (Å²) < 4.78 is 0. The van der Waals surface area contributed by atoms with Crippen LogP contribution in [0.4, 0.5) is 0 Å². The lowest BCUT2D eigenvalue weighted by molar-refractivity contribution is 0.769. The summed E-state index contributed by atoms with van der Waals surface area (Å²) in [6.45, 7) is 0. The van der Waals surface area contributed by atoms with Crippen molar-refractivity contribution in [2.24, 2.45) is 0 Å². The maximum atomic E-state index is 5.23. The van der Waals surface area contributed by atoms with Crippen molar-refractivity contribution >= 4 is 32.3 Å². The number of hydrogen-bond acceptors (Lipinski definition) is 2. The number of benzene rings is 11. The lowest BCUT2D eigenvalue weighted by atomic mass is 9.67. The fraction of sp³-hybridized carbons (Fsp3) is 0.0154. The average Bonchev–Trinajstić information content (AvgIpc) is 3.69. The van der Waals surface area contributed by atoms with Gasteiger partial charge in [0.2, 0.25) is 0 Å². The summed E-state index contributed by atoms with van der Waals surface area (Å²) in [4.78, 5) is 10.5. The van der Waals surface area contributed by atoms with E-state index in [1.165, 1.54) is 77.2 Å². The van der Waals surface area contributed by atoms with Crippen LogP contribution in [0.2, 0.25) is 0 Å². The molecule has 0 radical (unpaired) electrons. The SMILES string of the molecule is c1ccc(-c2cc(-c3ccccc3)nc(-c3ccc(-c4ccc(-c5ccc6c(c5)-c5cc7ccccc7cc5C6(c5ccccc5)c5ccccc5)c5ccccc45)c4ccccc34)n2)cc1. The predicted molar refractivity (Wildman–Crippen MR) is 279 cm³/mol. The predicted octanol–water partition coefficient (Wildman–Crippen LogP) is 16.6. The zero-order valence-corrected chi connectivity index (χ0v) is 36.6. The molecule has 1 aliphatic carbocycles. The first-order valence-corrected chi connectivity index (χ1v) is 23.1. The molecule has 1 aromatic heterocycles. The van der Waals surface area contributed by atoms with Crippen molar-refractivity contribution in [2.75, 3.05) is 0 Å². The molecule has 2 nitrogen and oxygen atoms in total. The molecule has 0 atom stereocenters. The molecule has 0 amide bonds. The van der Waals surface area contributed by atoms with E-state index in [0.29, 0.717) is 5.82 Å². The summed E-state index contributed by atoms with van der Waals surface area (Å²) in [7, 11) is 0. The van der Waals surface area contributed by atoms with Gasteiger partial charge < -0.3 is 0 Å². The van der Waals surface area contributed by atoms with Crippen LogP contribution in [-0.4, -0.2) is 9.97 Å². The van der Waals surface area contributed by atoms with E-state index in [9.17, 15) is 0 Å². The van der Waals surface area contributed by atoms with E-state index in [1.54, 1.807) is 0 Å². The van der Waals surface area contributed by atoms with E-state index in [-0.39, 0.29) is 0 Å². The Kier molecular flexibility index (Phi) is 9.11. The fourth-order valence-corrected chi connectivity index (χ4v) is 10.9. The summed E-state index contributed by atoms with van der Waals surface area (Å²) >= 11 is 0. The largest absolute Gasteiger partial charge is 0.228 e. The Morgan fingerprint density at radius 1 is 0.254 bits per heavy atom. The van der Waals surface area contributed by atoms with Crippen molar-refractivity contribution in [2.45, 2.75) is 5.41 Å². The van der Waals surface area contributed by atoms with Crippen LogP contribution in [0.1, 0.15) is 22.3 Å². The highest BCUT2D eigenvalue weighted by Crippen LogP contribution is 2.58. The van der Waals surface area contributed by atoms with E-state index in [1.807, 2.05) is 12.1 Å². The van der Waals surface area contributed by atoms with Gasteiger partial charge >= 0.3 is 0 Å². The number of fused-ring (bicyclic) bond motifs is 6. The van der Waals surface area contributed by atoms with Crippen LogP contribution in [0.3, 0.4) is 0 Å². The van der Waals surface area contributed by atoms with Crippen molar-refractivity contribution in [3.8, 4) is 67.3 Å². The van der Waals surface area contributed by atoms with Crippen molar-refractivity contribution in [3.05, 3.63) is 277 Å². The molecule has 11 aromatic carbocycles. The Hall–Kier alpha value is -8.72. The quantitative estimate of drug-likeness (QED) is 0.160. The highest BCUT2D eigenvalue weighted by Gasteiger charge is 2.46. The molecule has 312 valence electrons. The monoisotopic (exact) mass is 850 g/mol. The van der Waals surface area contributed by atoms with Gasteiger partial charge in [0.05, 0.1) is 16.8 Å². The molecule has 0 saturated carbocycles. The van der Waals surface area contributed by atoms with E-state index >= 15 is 0 Å². The van der Waals surface area contributed by atoms with Gasteiger partial charge in [0, 0.05) is 16.7 Å². The molecule has 0 saturated heterocycles. The molecular weight excluding hydrogens is 809 g/mol. The van der Waals surface area contributed by atoms with Crippen LogP contribution >= 0.6 is 0 Å². The molecule has 12 aromatic rings. The summed E-state index contributed by atoms with van der Waals surface area (Å²) in [5, 5.41) is 7.19. The standard InChI is InChI=1S/C65H42N2/c1-5-19-43(20-6-1)62-42-63(44-21-7-2-8-22-44)67-64(66-62)57-37-36-56(53-31-17-18-32-54(53)57)55-35-34-50(51-29-15-16-30-52(51)55)47-33-38-60-58(40-47)59-39-45-23-13-14-24-46(45)41-61(59)65(60,48-25-9-3-10-26-48)49-27-11-4-12-28-49/h1-42H. The molecule has 0 spiro atoms. The maximum absolute atomic E-state index is 5.23. The molecule has 0 unspecified atom stereocenters. The van der Waals surface area contributed by atoms with Gasteiger partial charge in [-0.15, -0.1) is 0 Å². The van der Waals surface area contributed by atoms with E-state index < -0.39 is 5.41 Å². The number of rotatable bonds is 7. The van der Waals surface area contributed by atoms with Crippen LogP contribution in [-0.2, 0) is 5.41 Å². The number of hydrogen-bond donors (Lipinski definition) is 0. The molecule has 2 heteroatoms. The molecule has 67 heavy (non-hydrogen) atoms. The second-order valence-corrected chi connectivity index (χ2v) is 17.6. The van der Waals surface area contributed by atoms with Gasteiger partial charge in [0.25, 0.3) is 0 Å². The Bertz CT molecular complexity index is 3740. The van der Waals surface area contributed by atoms with Gasteiger partial charge in [0.15, 0.2) is 5.82 Å². The average molecular weight is 851 g/mol. The third kappa shape index (κ3) is 6.26. The number of nitrogens with zero attached hydrogens (tertiary/aromatic N) is 2. The van der Waals surface area contributed by atoms with Gasteiger partial charge in [-0.3, -0.25) is 0 Å². The second kappa shape index (κ2) is 15.8.